The van der Waals surface area contributed by atoms with Crippen LogP contribution in [0, 0.1) is 6.92 Å². The lowest BCUT2D eigenvalue weighted by Crippen LogP contribution is -2.07. The highest BCUT2D eigenvalue weighted by molar-refractivity contribution is 5.73. The highest BCUT2D eigenvalue weighted by Crippen LogP contribution is 2.43. The molecular formula is C17H12F3NO. The van der Waals surface area contributed by atoms with Crippen LogP contribution in [0.4, 0.5) is 13.2 Å². The molecule has 0 fully saturated rings. The van der Waals surface area contributed by atoms with Gasteiger partial charge < -0.3 is 4.52 Å². The lowest BCUT2D eigenvalue weighted by atomic mass is 10.0. The molecule has 0 aliphatic heterocycles. The van der Waals surface area contributed by atoms with Crippen molar-refractivity contribution in [2.75, 3.05) is 0 Å². The van der Waals surface area contributed by atoms with Crippen molar-refractivity contribution >= 4 is 0 Å². The Morgan fingerprint density at radius 3 is 2.09 bits per heavy atom. The topological polar surface area (TPSA) is 26.0 Å². The number of aryl methyl sites for hydroxylation is 1. The molecule has 2 aromatic carbocycles. The van der Waals surface area contributed by atoms with Crippen LogP contribution in [0.25, 0.3) is 22.6 Å². The third kappa shape index (κ3) is 2.62. The molecule has 22 heavy (non-hydrogen) atoms. The smallest absolute Gasteiger partial charge is 0.355 e. The maximum Gasteiger partial charge on any atom is 0.422 e. The summed E-state index contributed by atoms with van der Waals surface area (Å²) in [5.74, 6) is -0.258. The average molecular weight is 303 g/mol. The van der Waals surface area contributed by atoms with Gasteiger partial charge in [-0.15, -0.1) is 0 Å². The minimum Gasteiger partial charge on any atom is -0.355 e. The highest BCUT2D eigenvalue weighted by Gasteiger charge is 2.41. The third-order valence-corrected chi connectivity index (χ3v) is 3.34. The van der Waals surface area contributed by atoms with Crippen molar-refractivity contribution in [1.82, 2.24) is 5.16 Å². The summed E-state index contributed by atoms with van der Waals surface area (Å²) in [6, 6.07) is 14.9. The zero-order chi connectivity index (χ0) is 15.7. The summed E-state index contributed by atoms with van der Waals surface area (Å²) in [6.07, 6.45) is -4.55. The lowest BCUT2D eigenvalue weighted by Gasteiger charge is -2.08. The molecular weight excluding hydrogens is 291 g/mol. The van der Waals surface area contributed by atoms with Crippen LogP contribution in [0.2, 0.25) is 0 Å². The summed E-state index contributed by atoms with van der Waals surface area (Å²) in [4.78, 5) is 0. The second-order valence-corrected chi connectivity index (χ2v) is 4.97. The first kappa shape index (κ1) is 14.4. The number of benzene rings is 2. The molecule has 2 nitrogen and oxygen atoms in total. The summed E-state index contributed by atoms with van der Waals surface area (Å²) in [7, 11) is 0. The normalized spacial score (nSPS) is 11.6. The Morgan fingerprint density at radius 2 is 1.50 bits per heavy atom. The van der Waals surface area contributed by atoms with Crippen LogP contribution >= 0.6 is 0 Å². The molecule has 0 unspecified atom stereocenters. The zero-order valence-electron chi connectivity index (χ0n) is 11.7. The Hall–Kier alpha value is -2.56. The van der Waals surface area contributed by atoms with Gasteiger partial charge in [-0.2, -0.15) is 13.2 Å². The van der Waals surface area contributed by atoms with Gasteiger partial charge in [0.25, 0.3) is 0 Å². The SMILES string of the molecule is Cc1ccc(-c2onc(-c3ccccc3)c2C(F)(F)F)cc1. The summed E-state index contributed by atoms with van der Waals surface area (Å²) in [5, 5.41) is 3.66. The molecule has 0 spiro atoms. The lowest BCUT2D eigenvalue weighted by molar-refractivity contribution is -0.136. The van der Waals surface area contributed by atoms with Gasteiger partial charge >= 0.3 is 6.18 Å². The van der Waals surface area contributed by atoms with E-state index in [1.807, 2.05) is 6.92 Å². The maximum atomic E-state index is 13.5. The number of hydrogen-bond donors (Lipinski definition) is 0. The fourth-order valence-electron chi connectivity index (χ4n) is 2.25. The molecule has 3 aromatic rings. The highest BCUT2D eigenvalue weighted by atomic mass is 19.4. The number of halogens is 3. The molecule has 1 heterocycles. The maximum absolute atomic E-state index is 13.5. The molecule has 0 N–H and O–H groups in total. The van der Waals surface area contributed by atoms with Gasteiger partial charge in [0.1, 0.15) is 11.3 Å². The van der Waals surface area contributed by atoms with Crippen molar-refractivity contribution in [1.29, 1.82) is 0 Å². The van der Waals surface area contributed by atoms with Crippen LogP contribution in [0.1, 0.15) is 11.1 Å². The van der Waals surface area contributed by atoms with Gasteiger partial charge in [-0.1, -0.05) is 65.3 Å². The van der Waals surface area contributed by atoms with Crippen molar-refractivity contribution in [3.8, 4) is 22.6 Å². The summed E-state index contributed by atoms with van der Waals surface area (Å²) in [6.45, 7) is 1.87. The Bertz CT molecular complexity index is 774. The average Bonchev–Trinajstić information content (AvgIpc) is 2.94. The number of hydrogen-bond acceptors (Lipinski definition) is 2. The molecule has 0 aliphatic carbocycles. The van der Waals surface area contributed by atoms with E-state index in [9.17, 15) is 13.2 Å². The second kappa shape index (κ2) is 5.33. The number of alkyl halides is 3. The molecule has 1 aromatic heterocycles. The fourth-order valence-corrected chi connectivity index (χ4v) is 2.25. The van der Waals surface area contributed by atoms with Gasteiger partial charge in [-0.3, -0.25) is 0 Å². The van der Waals surface area contributed by atoms with Gasteiger partial charge in [0.2, 0.25) is 0 Å². The van der Waals surface area contributed by atoms with Crippen LogP contribution in [-0.4, -0.2) is 5.16 Å². The van der Waals surface area contributed by atoms with Gasteiger partial charge in [-0.05, 0) is 6.92 Å². The Kier molecular flexibility index (Phi) is 3.48. The Balaban J connectivity index is 2.20. The van der Waals surface area contributed by atoms with Crippen LogP contribution in [0.3, 0.4) is 0 Å². The molecule has 112 valence electrons. The third-order valence-electron chi connectivity index (χ3n) is 3.34. The summed E-state index contributed by atoms with van der Waals surface area (Å²) < 4.78 is 45.5. The van der Waals surface area contributed by atoms with Gasteiger partial charge in [0.05, 0.1) is 0 Å². The molecule has 0 amide bonds. The van der Waals surface area contributed by atoms with Crippen molar-refractivity contribution in [3.63, 3.8) is 0 Å². The summed E-state index contributed by atoms with van der Waals surface area (Å²) in [5.41, 5.74) is 0.649. The van der Waals surface area contributed by atoms with Crippen LogP contribution in [-0.2, 0) is 6.18 Å². The predicted molar refractivity (Wildman–Crippen MR) is 77.1 cm³/mol. The predicted octanol–water partition coefficient (Wildman–Crippen LogP) is 5.34. The number of rotatable bonds is 2. The zero-order valence-corrected chi connectivity index (χ0v) is 11.7. The van der Waals surface area contributed by atoms with Crippen molar-refractivity contribution < 1.29 is 17.7 Å². The Labute approximate surface area is 125 Å². The minimum atomic E-state index is -4.55. The molecule has 0 aliphatic rings. The van der Waals surface area contributed by atoms with Gasteiger partial charge in [0.15, 0.2) is 5.76 Å². The van der Waals surface area contributed by atoms with E-state index < -0.39 is 11.7 Å². The van der Waals surface area contributed by atoms with E-state index in [-0.39, 0.29) is 11.5 Å². The molecule has 0 atom stereocenters. The van der Waals surface area contributed by atoms with Crippen LogP contribution < -0.4 is 0 Å². The minimum absolute atomic E-state index is 0.191. The Morgan fingerprint density at radius 1 is 0.864 bits per heavy atom. The first-order valence-corrected chi connectivity index (χ1v) is 6.66. The number of nitrogens with zero attached hydrogens (tertiary/aromatic N) is 1. The number of aromatic nitrogens is 1. The monoisotopic (exact) mass is 303 g/mol. The first-order chi connectivity index (χ1) is 10.5. The van der Waals surface area contributed by atoms with Gasteiger partial charge in [0, 0.05) is 11.1 Å². The molecule has 5 heteroatoms. The molecule has 0 saturated carbocycles. The van der Waals surface area contributed by atoms with E-state index in [4.69, 9.17) is 4.52 Å². The molecule has 0 saturated heterocycles. The van der Waals surface area contributed by atoms with E-state index in [0.717, 1.165) is 5.56 Å². The fraction of sp³-hybridized carbons (Fsp3) is 0.118. The van der Waals surface area contributed by atoms with E-state index in [0.29, 0.717) is 11.1 Å². The quantitative estimate of drug-likeness (QED) is 0.639. The van der Waals surface area contributed by atoms with E-state index in [1.54, 1.807) is 54.6 Å². The van der Waals surface area contributed by atoms with Crippen LogP contribution in [0.15, 0.2) is 59.1 Å². The largest absolute Gasteiger partial charge is 0.422 e. The van der Waals surface area contributed by atoms with E-state index >= 15 is 0 Å². The summed E-state index contributed by atoms with van der Waals surface area (Å²) >= 11 is 0. The van der Waals surface area contributed by atoms with Crippen molar-refractivity contribution in [2.24, 2.45) is 0 Å². The van der Waals surface area contributed by atoms with Crippen molar-refractivity contribution in [2.45, 2.75) is 13.1 Å². The van der Waals surface area contributed by atoms with Crippen LogP contribution in [0.5, 0.6) is 0 Å². The molecule has 0 radical (unpaired) electrons. The molecule has 3 rings (SSSR count). The standard InChI is InChI=1S/C17H12F3NO/c1-11-7-9-13(10-8-11)16-14(17(18,19)20)15(21-22-16)12-5-3-2-4-6-12/h2-10H,1H3. The van der Waals surface area contributed by atoms with E-state index in [2.05, 4.69) is 5.16 Å². The van der Waals surface area contributed by atoms with Crippen molar-refractivity contribution in [3.05, 3.63) is 65.7 Å². The second-order valence-electron chi connectivity index (χ2n) is 4.97. The van der Waals surface area contributed by atoms with E-state index in [1.165, 1.54) is 0 Å². The van der Waals surface area contributed by atoms with Gasteiger partial charge in [-0.25, -0.2) is 0 Å². The molecule has 0 bridgehead atoms. The first-order valence-electron chi connectivity index (χ1n) is 6.66.